The maximum Gasteiger partial charge on any atom is 0.230 e. The summed E-state index contributed by atoms with van der Waals surface area (Å²) >= 11 is 3.47. The summed E-state index contributed by atoms with van der Waals surface area (Å²) in [7, 11) is 0. The lowest BCUT2D eigenvalue weighted by Gasteiger charge is -2.32. The van der Waals surface area contributed by atoms with Crippen molar-refractivity contribution in [3.8, 4) is 0 Å². The maximum atomic E-state index is 5.92. The lowest BCUT2D eigenvalue weighted by atomic mass is 9.85. The normalized spacial score (nSPS) is 22.9. The van der Waals surface area contributed by atoms with Gasteiger partial charge in [0.25, 0.3) is 0 Å². The number of hydrogen-bond donors (Lipinski definition) is 0. The molecule has 2 fully saturated rings. The first kappa shape index (κ1) is 15.3. The zero-order valence-electron chi connectivity index (χ0n) is 12.9. The van der Waals surface area contributed by atoms with Crippen LogP contribution < -0.4 is 0 Å². The van der Waals surface area contributed by atoms with E-state index in [2.05, 4.69) is 55.3 Å². The first-order valence-corrected chi connectivity index (χ1v) is 8.99. The Morgan fingerprint density at radius 3 is 2.74 bits per heavy atom. The van der Waals surface area contributed by atoms with Crippen molar-refractivity contribution >= 4 is 15.9 Å². The van der Waals surface area contributed by atoms with Gasteiger partial charge in [-0.15, -0.1) is 10.2 Å². The standard InChI is InChI=1S/C17H20BrN3O2/c18-14-6-4-12(5-7-14)15-10-21(8-9-22-15)11-16-19-20-17(23-16)13-2-1-3-13/h4-7,13,15H,1-3,8-11H2. The summed E-state index contributed by atoms with van der Waals surface area (Å²) in [4.78, 5) is 2.33. The molecule has 2 aliphatic rings. The highest BCUT2D eigenvalue weighted by atomic mass is 79.9. The molecule has 0 amide bonds. The summed E-state index contributed by atoms with van der Waals surface area (Å²) in [5.41, 5.74) is 1.21. The van der Waals surface area contributed by atoms with Crippen molar-refractivity contribution in [2.75, 3.05) is 19.7 Å². The minimum Gasteiger partial charge on any atom is -0.424 e. The second-order valence-corrected chi connectivity index (χ2v) is 7.22. The number of hydrogen-bond acceptors (Lipinski definition) is 5. The van der Waals surface area contributed by atoms with E-state index in [0.717, 1.165) is 36.0 Å². The van der Waals surface area contributed by atoms with Gasteiger partial charge in [0.2, 0.25) is 11.8 Å². The SMILES string of the molecule is Brc1ccc(C2CN(Cc3nnc(C4CCC4)o3)CCO2)cc1. The topological polar surface area (TPSA) is 51.4 Å². The minimum atomic E-state index is 0.103. The van der Waals surface area contributed by atoms with Gasteiger partial charge in [0, 0.05) is 23.5 Å². The molecule has 1 aliphatic carbocycles. The van der Waals surface area contributed by atoms with Crippen LogP contribution in [-0.2, 0) is 11.3 Å². The molecule has 23 heavy (non-hydrogen) atoms. The number of morpholine rings is 1. The van der Waals surface area contributed by atoms with Crippen molar-refractivity contribution in [3.63, 3.8) is 0 Å². The molecule has 1 atom stereocenters. The molecule has 2 aromatic rings. The molecule has 5 nitrogen and oxygen atoms in total. The van der Waals surface area contributed by atoms with E-state index in [0.29, 0.717) is 12.5 Å². The van der Waals surface area contributed by atoms with E-state index in [4.69, 9.17) is 9.15 Å². The summed E-state index contributed by atoms with van der Waals surface area (Å²) in [5, 5.41) is 8.43. The Balaban J connectivity index is 1.39. The highest BCUT2D eigenvalue weighted by Crippen LogP contribution is 2.35. The fraction of sp³-hybridized carbons (Fsp3) is 0.529. The fourth-order valence-electron chi connectivity index (χ4n) is 3.07. The van der Waals surface area contributed by atoms with Gasteiger partial charge in [-0.2, -0.15) is 0 Å². The number of benzene rings is 1. The lowest BCUT2D eigenvalue weighted by Crippen LogP contribution is -2.37. The lowest BCUT2D eigenvalue weighted by molar-refractivity contribution is -0.0353. The van der Waals surface area contributed by atoms with Crippen molar-refractivity contribution in [3.05, 3.63) is 46.1 Å². The van der Waals surface area contributed by atoms with Gasteiger partial charge in [0.05, 0.1) is 19.3 Å². The monoisotopic (exact) mass is 377 g/mol. The Bertz CT molecular complexity index is 654. The second kappa shape index (κ2) is 6.71. The molecule has 0 spiro atoms. The molecule has 1 saturated heterocycles. The molecular weight excluding hydrogens is 358 g/mol. The first-order valence-electron chi connectivity index (χ1n) is 8.19. The van der Waals surface area contributed by atoms with Gasteiger partial charge in [0.15, 0.2) is 0 Å². The average molecular weight is 378 g/mol. The van der Waals surface area contributed by atoms with Crippen LogP contribution in [0.4, 0.5) is 0 Å². The van der Waals surface area contributed by atoms with E-state index in [1.165, 1.54) is 24.8 Å². The largest absolute Gasteiger partial charge is 0.424 e. The number of rotatable bonds is 4. The number of aromatic nitrogens is 2. The van der Waals surface area contributed by atoms with Crippen LogP contribution in [-0.4, -0.2) is 34.8 Å². The summed E-state index contributed by atoms with van der Waals surface area (Å²) in [6, 6.07) is 8.33. The van der Waals surface area contributed by atoms with Crippen LogP contribution in [0.1, 0.15) is 48.6 Å². The quantitative estimate of drug-likeness (QED) is 0.813. The fourth-order valence-corrected chi connectivity index (χ4v) is 3.33. The molecule has 0 N–H and O–H groups in total. The van der Waals surface area contributed by atoms with Gasteiger partial charge >= 0.3 is 0 Å². The molecule has 1 saturated carbocycles. The third kappa shape index (κ3) is 3.49. The molecular formula is C17H20BrN3O2. The Kier molecular flexibility index (Phi) is 4.46. The van der Waals surface area contributed by atoms with E-state index in [1.54, 1.807) is 0 Å². The summed E-state index contributed by atoms with van der Waals surface area (Å²) < 4.78 is 12.8. The Morgan fingerprint density at radius 1 is 1.17 bits per heavy atom. The summed E-state index contributed by atoms with van der Waals surface area (Å²) in [6.07, 6.45) is 3.75. The van der Waals surface area contributed by atoms with Gasteiger partial charge in [-0.25, -0.2) is 0 Å². The molecule has 0 bridgehead atoms. The molecule has 6 heteroatoms. The Labute approximate surface area is 144 Å². The third-order valence-electron chi connectivity index (χ3n) is 4.69. The zero-order valence-corrected chi connectivity index (χ0v) is 14.5. The Morgan fingerprint density at radius 2 is 2.00 bits per heavy atom. The van der Waals surface area contributed by atoms with E-state index in [-0.39, 0.29) is 6.10 Å². The van der Waals surface area contributed by atoms with E-state index in [9.17, 15) is 0 Å². The van der Waals surface area contributed by atoms with Crippen LogP contribution in [0.3, 0.4) is 0 Å². The van der Waals surface area contributed by atoms with Gasteiger partial charge in [-0.1, -0.05) is 34.5 Å². The van der Waals surface area contributed by atoms with Gasteiger partial charge < -0.3 is 9.15 Å². The van der Waals surface area contributed by atoms with Crippen molar-refractivity contribution in [2.24, 2.45) is 0 Å². The number of halogens is 1. The van der Waals surface area contributed by atoms with Crippen molar-refractivity contribution in [2.45, 2.75) is 37.8 Å². The molecule has 2 heterocycles. The van der Waals surface area contributed by atoms with Crippen LogP contribution in [0.25, 0.3) is 0 Å². The molecule has 1 aliphatic heterocycles. The smallest absolute Gasteiger partial charge is 0.230 e. The van der Waals surface area contributed by atoms with E-state index in [1.807, 2.05) is 0 Å². The molecule has 4 rings (SSSR count). The highest BCUT2D eigenvalue weighted by Gasteiger charge is 2.27. The average Bonchev–Trinajstić information content (AvgIpc) is 2.94. The number of ether oxygens (including phenoxy) is 1. The molecule has 122 valence electrons. The van der Waals surface area contributed by atoms with Crippen LogP contribution in [0.2, 0.25) is 0 Å². The Hall–Kier alpha value is -1.24. The molecule has 1 aromatic carbocycles. The molecule has 1 aromatic heterocycles. The van der Waals surface area contributed by atoms with E-state index >= 15 is 0 Å². The van der Waals surface area contributed by atoms with Gasteiger partial charge in [-0.05, 0) is 30.5 Å². The van der Waals surface area contributed by atoms with Gasteiger partial charge in [0.1, 0.15) is 0 Å². The zero-order chi connectivity index (χ0) is 15.6. The van der Waals surface area contributed by atoms with Crippen LogP contribution >= 0.6 is 15.9 Å². The maximum absolute atomic E-state index is 5.92. The van der Waals surface area contributed by atoms with Crippen LogP contribution in [0.5, 0.6) is 0 Å². The van der Waals surface area contributed by atoms with Crippen LogP contribution in [0, 0.1) is 0 Å². The number of nitrogens with zero attached hydrogens (tertiary/aromatic N) is 3. The van der Waals surface area contributed by atoms with Gasteiger partial charge in [-0.3, -0.25) is 4.90 Å². The van der Waals surface area contributed by atoms with Crippen molar-refractivity contribution < 1.29 is 9.15 Å². The molecule has 0 radical (unpaired) electrons. The van der Waals surface area contributed by atoms with Crippen molar-refractivity contribution in [1.29, 1.82) is 0 Å². The second-order valence-electron chi connectivity index (χ2n) is 6.31. The van der Waals surface area contributed by atoms with E-state index < -0.39 is 0 Å². The highest BCUT2D eigenvalue weighted by molar-refractivity contribution is 9.10. The predicted octanol–water partition coefficient (Wildman–Crippen LogP) is 3.67. The summed E-state index contributed by atoms with van der Waals surface area (Å²) in [6.45, 7) is 3.18. The van der Waals surface area contributed by atoms with Crippen LogP contribution in [0.15, 0.2) is 33.2 Å². The minimum absolute atomic E-state index is 0.103. The third-order valence-corrected chi connectivity index (χ3v) is 5.22. The summed E-state index contributed by atoms with van der Waals surface area (Å²) in [5.74, 6) is 2.05. The first-order chi connectivity index (χ1) is 11.3. The van der Waals surface area contributed by atoms with Crippen molar-refractivity contribution in [1.82, 2.24) is 15.1 Å². The predicted molar refractivity (Wildman–Crippen MR) is 89.0 cm³/mol. The molecule has 1 unspecified atom stereocenters.